The van der Waals surface area contributed by atoms with E-state index in [9.17, 15) is 14.4 Å². The van der Waals surface area contributed by atoms with E-state index in [4.69, 9.17) is 14.2 Å². The van der Waals surface area contributed by atoms with E-state index in [-0.39, 0.29) is 19.0 Å². The summed E-state index contributed by atoms with van der Waals surface area (Å²) in [5, 5.41) is 3.33. The summed E-state index contributed by atoms with van der Waals surface area (Å²) in [7, 11) is 1.57. The van der Waals surface area contributed by atoms with Gasteiger partial charge in [0.1, 0.15) is 11.7 Å². The lowest BCUT2D eigenvalue weighted by Gasteiger charge is -2.39. The highest BCUT2D eigenvalue weighted by Crippen LogP contribution is 2.49. The van der Waals surface area contributed by atoms with E-state index in [0.29, 0.717) is 34.7 Å². The van der Waals surface area contributed by atoms with Crippen molar-refractivity contribution in [3.05, 3.63) is 82.2 Å². The SMILES string of the molecule is CCOC(=O)C1=C(C)NC2=C(C(=O)[C@@H](C(=O)OCC)[C@H](c3ccccc3OC)C2)[C@@H]1c1ccc(SC)cc1. The number of nitrogens with one attached hydrogen (secondary N) is 1. The van der Waals surface area contributed by atoms with Crippen LogP contribution >= 0.6 is 11.8 Å². The van der Waals surface area contributed by atoms with Gasteiger partial charge in [-0.25, -0.2) is 4.79 Å². The van der Waals surface area contributed by atoms with Crippen LogP contribution in [0.5, 0.6) is 5.75 Å². The Kier molecular flexibility index (Phi) is 8.62. The highest BCUT2D eigenvalue weighted by Gasteiger charge is 2.49. The van der Waals surface area contributed by atoms with Gasteiger partial charge in [-0.1, -0.05) is 30.3 Å². The summed E-state index contributed by atoms with van der Waals surface area (Å²) in [6, 6.07) is 15.2. The Balaban J connectivity index is 1.91. The molecule has 0 saturated heterocycles. The minimum atomic E-state index is -1.08. The summed E-state index contributed by atoms with van der Waals surface area (Å²) in [5.41, 5.74) is 3.63. The molecule has 1 aliphatic heterocycles. The van der Waals surface area contributed by atoms with Crippen molar-refractivity contribution in [2.75, 3.05) is 26.6 Å². The summed E-state index contributed by atoms with van der Waals surface area (Å²) in [4.78, 5) is 42.0. The first-order valence-corrected chi connectivity index (χ1v) is 13.9. The average molecular weight is 536 g/mol. The standard InChI is InChI=1S/C30H33NO6S/c1-6-36-29(33)24-17(3)31-22-16-21(20-10-8-9-11-23(20)35-4)26(30(34)37-7-2)28(32)27(22)25(24)18-12-14-19(38-5)15-13-18/h8-15,21,25-26,31H,6-7,16H2,1-5H3/t21-,25+,26-/m0/s1. The number of Topliss-reactive ketones (excluding diaryl/α,β-unsaturated/α-hetero) is 1. The molecule has 2 aliphatic rings. The van der Waals surface area contributed by atoms with E-state index in [1.807, 2.05) is 61.7 Å². The molecule has 1 aliphatic carbocycles. The van der Waals surface area contributed by atoms with Crippen molar-refractivity contribution in [3.63, 3.8) is 0 Å². The van der Waals surface area contributed by atoms with Crippen molar-refractivity contribution in [3.8, 4) is 5.75 Å². The van der Waals surface area contributed by atoms with Gasteiger partial charge in [-0.2, -0.15) is 0 Å². The predicted molar refractivity (Wildman–Crippen MR) is 146 cm³/mol. The number of ketones is 1. The van der Waals surface area contributed by atoms with Gasteiger partial charge in [-0.05, 0) is 62.8 Å². The molecule has 200 valence electrons. The lowest BCUT2D eigenvalue weighted by atomic mass is 9.67. The number of benzene rings is 2. The molecule has 0 spiro atoms. The van der Waals surface area contributed by atoms with E-state index in [2.05, 4.69) is 5.32 Å². The van der Waals surface area contributed by atoms with Gasteiger partial charge in [0.15, 0.2) is 5.78 Å². The Bertz CT molecular complexity index is 1300. The zero-order chi connectivity index (χ0) is 27.4. The molecule has 2 aromatic carbocycles. The molecule has 1 heterocycles. The van der Waals surface area contributed by atoms with Crippen LogP contribution in [0.25, 0.3) is 0 Å². The largest absolute Gasteiger partial charge is 0.496 e. The summed E-state index contributed by atoms with van der Waals surface area (Å²) in [5.74, 6) is -3.09. The van der Waals surface area contributed by atoms with Gasteiger partial charge < -0.3 is 19.5 Å². The fraction of sp³-hybridized carbons (Fsp3) is 0.367. The van der Waals surface area contributed by atoms with Gasteiger partial charge in [0.25, 0.3) is 0 Å². The Morgan fingerprint density at radius 2 is 1.71 bits per heavy atom. The van der Waals surface area contributed by atoms with Crippen LogP contribution in [0.2, 0.25) is 0 Å². The molecule has 0 fully saturated rings. The van der Waals surface area contributed by atoms with E-state index in [0.717, 1.165) is 16.0 Å². The molecule has 1 N–H and O–H groups in total. The highest BCUT2D eigenvalue weighted by molar-refractivity contribution is 7.98. The fourth-order valence-electron chi connectivity index (χ4n) is 5.41. The zero-order valence-electron chi connectivity index (χ0n) is 22.3. The molecule has 0 saturated carbocycles. The number of hydrogen-bond donors (Lipinski definition) is 1. The number of carbonyl (C=O) groups is 3. The van der Waals surface area contributed by atoms with E-state index >= 15 is 0 Å². The molecule has 0 radical (unpaired) electrons. The number of ether oxygens (including phenoxy) is 3. The molecule has 38 heavy (non-hydrogen) atoms. The van der Waals surface area contributed by atoms with Crippen LogP contribution in [0.15, 0.2) is 76.0 Å². The lowest BCUT2D eigenvalue weighted by Crippen LogP contribution is -2.43. The van der Waals surface area contributed by atoms with E-state index in [1.54, 1.807) is 32.7 Å². The summed E-state index contributed by atoms with van der Waals surface area (Å²) < 4.78 is 16.4. The van der Waals surface area contributed by atoms with Crippen LogP contribution in [0.4, 0.5) is 0 Å². The monoisotopic (exact) mass is 535 g/mol. The quantitative estimate of drug-likeness (QED) is 0.283. The van der Waals surface area contributed by atoms with Gasteiger partial charge >= 0.3 is 11.9 Å². The maximum atomic E-state index is 14.4. The maximum Gasteiger partial charge on any atom is 0.336 e. The number of esters is 2. The third-order valence-corrected chi connectivity index (χ3v) is 7.79. The first-order chi connectivity index (χ1) is 18.4. The van der Waals surface area contributed by atoms with Crippen LogP contribution in [-0.2, 0) is 23.9 Å². The van der Waals surface area contributed by atoms with Crippen LogP contribution in [0.3, 0.4) is 0 Å². The number of methoxy groups -OCH3 is 1. The van der Waals surface area contributed by atoms with Gasteiger partial charge in [0.2, 0.25) is 0 Å². The van der Waals surface area contributed by atoms with Gasteiger partial charge in [-0.15, -0.1) is 11.8 Å². The molecule has 4 rings (SSSR count). The summed E-state index contributed by atoms with van der Waals surface area (Å²) >= 11 is 1.61. The number of para-hydroxylation sites is 1. The van der Waals surface area contributed by atoms with Crippen LogP contribution < -0.4 is 10.1 Å². The maximum absolute atomic E-state index is 14.4. The van der Waals surface area contributed by atoms with Crippen molar-refractivity contribution in [2.45, 2.75) is 43.9 Å². The molecular weight excluding hydrogens is 502 g/mol. The lowest BCUT2D eigenvalue weighted by molar-refractivity contribution is -0.152. The topological polar surface area (TPSA) is 90.9 Å². The minimum Gasteiger partial charge on any atom is -0.496 e. The minimum absolute atomic E-state index is 0.151. The molecule has 8 heteroatoms. The van der Waals surface area contributed by atoms with Crippen molar-refractivity contribution >= 4 is 29.5 Å². The van der Waals surface area contributed by atoms with Crippen LogP contribution in [0.1, 0.15) is 50.2 Å². The van der Waals surface area contributed by atoms with E-state index in [1.165, 1.54) is 0 Å². The second-order valence-electron chi connectivity index (χ2n) is 9.13. The van der Waals surface area contributed by atoms with Gasteiger partial charge in [-0.3, -0.25) is 9.59 Å². The Morgan fingerprint density at radius 3 is 2.34 bits per heavy atom. The molecule has 0 unspecified atom stereocenters. The number of thioether (sulfide) groups is 1. The van der Waals surface area contributed by atoms with Gasteiger partial charge in [0.05, 0.1) is 25.9 Å². The number of hydrogen-bond acceptors (Lipinski definition) is 8. The molecule has 0 bridgehead atoms. The van der Waals surface area contributed by atoms with E-state index < -0.39 is 29.7 Å². The normalized spacial score (nSPS) is 21.0. The molecule has 0 aromatic heterocycles. The average Bonchev–Trinajstić information content (AvgIpc) is 2.92. The molecular formula is C30H33NO6S. The zero-order valence-corrected chi connectivity index (χ0v) is 23.1. The number of rotatable bonds is 8. The molecule has 3 atom stereocenters. The second-order valence-corrected chi connectivity index (χ2v) is 10.0. The second kappa shape index (κ2) is 11.9. The predicted octanol–water partition coefficient (Wildman–Crippen LogP) is 5.13. The van der Waals surface area contributed by atoms with Crippen molar-refractivity contribution < 1.29 is 28.6 Å². The highest BCUT2D eigenvalue weighted by atomic mass is 32.2. The third-order valence-electron chi connectivity index (χ3n) is 7.04. The first-order valence-electron chi connectivity index (χ1n) is 12.7. The van der Waals surface area contributed by atoms with Crippen molar-refractivity contribution in [1.29, 1.82) is 0 Å². The molecule has 7 nitrogen and oxygen atoms in total. The van der Waals surface area contributed by atoms with Crippen molar-refractivity contribution in [2.24, 2.45) is 5.92 Å². The first kappa shape index (κ1) is 27.5. The van der Waals surface area contributed by atoms with Crippen LogP contribution in [-0.4, -0.2) is 44.3 Å². The molecule has 0 amide bonds. The molecule has 2 aromatic rings. The van der Waals surface area contributed by atoms with Crippen LogP contribution in [0, 0.1) is 5.92 Å². The van der Waals surface area contributed by atoms with Gasteiger partial charge in [0, 0.05) is 33.7 Å². The van der Waals surface area contributed by atoms with Crippen molar-refractivity contribution in [1.82, 2.24) is 5.32 Å². The smallest absolute Gasteiger partial charge is 0.336 e. The Morgan fingerprint density at radius 1 is 1.03 bits per heavy atom. The number of allylic oxidation sites excluding steroid dienone is 3. The third kappa shape index (κ3) is 5.10. The summed E-state index contributed by atoms with van der Waals surface area (Å²) in [6.07, 6.45) is 2.36. The number of carbonyl (C=O) groups excluding carboxylic acids is 3. The summed E-state index contributed by atoms with van der Waals surface area (Å²) in [6.45, 7) is 5.64. The Labute approximate surface area is 227 Å². The fourth-order valence-corrected chi connectivity index (χ4v) is 5.82. The number of dihydropyridines is 1. The Hall–Kier alpha value is -3.52.